The van der Waals surface area contributed by atoms with Crippen LogP contribution in [0, 0.1) is 0 Å². The van der Waals surface area contributed by atoms with Crippen LogP contribution in [0.15, 0.2) is 89.1 Å². The molecule has 3 nitrogen and oxygen atoms in total. The normalized spacial score (nSPS) is 13.2. The second kappa shape index (κ2) is 6.14. The topological polar surface area (TPSA) is 50.7 Å². The van der Waals surface area contributed by atoms with Gasteiger partial charge in [-0.25, -0.2) is 0 Å². The van der Waals surface area contributed by atoms with E-state index in [4.69, 9.17) is 5.73 Å². The molecule has 0 saturated heterocycles. The number of hydrogen-bond donors (Lipinski definition) is 1. The van der Waals surface area contributed by atoms with Crippen molar-refractivity contribution in [1.82, 2.24) is 0 Å². The first kappa shape index (κ1) is 16.3. The summed E-state index contributed by atoms with van der Waals surface area (Å²) in [6.45, 7) is 0. The van der Waals surface area contributed by atoms with E-state index in [2.05, 4.69) is 77.0 Å². The molecule has 0 atom stereocenters. The lowest BCUT2D eigenvalue weighted by molar-refractivity contribution is 1.15. The van der Waals surface area contributed by atoms with E-state index in [1.54, 1.807) is 0 Å². The van der Waals surface area contributed by atoms with Gasteiger partial charge in [0, 0.05) is 12.8 Å². The number of nitrogens with two attached hydrogens (primary N) is 1. The summed E-state index contributed by atoms with van der Waals surface area (Å²) in [6, 6.07) is 27.4. The number of benzene rings is 4. The summed E-state index contributed by atoms with van der Waals surface area (Å²) in [5.41, 5.74) is 18.9. The van der Waals surface area contributed by atoms with E-state index in [0.29, 0.717) is 5.69 Å². The van der Waals surface area contributed by atoms with E-state index in [1.165, 1.54) is 44.5 Å². The molecule has 0 aromatic heterocycles. The number of azo groups is 1. The van der Waals surface area contributed by atoms with Gasteiger partial charge in [-0.1, -0.05) is 66.7 Å². The maximum absolute atomic E-state index is 6.32. The van der Waals surface area contributed by atoms with Crippen LogP contribution in [0.4, 0.5) is 17.1 Å². The predicted molar refractivity (Wildman–Crippen MR) is 118 cm³/mol. The fourth-order valence-electron chi connectivity index (χ4n) is 4.67. The highest BCUT2D eigenvalue weighted by atomic mass is 15.1. The largest absolute Gasteiger partial charge is 0.397 e. The van der Waals surface area contributed by atoms with E-state index in [9.17, 15) is 0 Å². The number of anilines is 1. The van der Waals surface area contributed by atoms with Crippen molar-refractivity contribution in [1.29, 1.82) is 0 Å². The Labute approximate surface area is 169 Å². The molecule has 0 amide bonds. The minimum atomic E-state index is 0.677. The summed E-state index contributed by atoms with van der Waals surface area (Å²) >= 11 is 0. The summed E-state index contributed by atoms with van der Waals surface area (Å²) in [6.07, 6.45) is 1.75. The van der Waals surface area contributed by atoms with Gasteiger partial charge in [-0.15, -0.1) is 5.11 Å². The Hall–Kier alpha value is -3.72. The Bertz CT molecular complexity index is 1320. The van der Waals surface area contributed by atoms with Crippen molar-refractivity contribution in [3.8, 4) is 22.3 Å². The summed E-state index contributed by atoms with van der Waals surface area (Å²) in [4.78, 5) is 0. The van der Waals surface area contributed by atoms with Gasteiger partial charge >= 0.3 is 0 Å². The first-order valence-corrected chi connectivity index (χ1v) is 9.91. The van der Waals surface area contributed by atoms with Gasteiger partial charge in [0.15, 0.2) is 0 Å². The molecule has 138 valence electrons. The monoisotopic (exact) mass is 373 g/mol. The highest BCUT2D eigenvalue weighted by molar-refractivity contribution is 5.86. The molecule has 4 aromatic carbocycles. The number of nitrogens with zero attached hydrogens (tertiary/aromatic N) is 2. The van der Waals surface area contributed by atoms with E-state index >= 15 is 0 Å². The van der Waals surface area contributed by atoms with Crippen LogP contribution in [-0.2, 0) is 12.8 Å². The van der Waals surface area contributed by atoms with Gasteiger partial charge in [0.05, 0.1) is 11.4 Å². The zero-order chi connectivity index (χ0) is 19.4. The second-order valence-electron chi connectivity index (χ2n) is 7.70. The van der Waals surface area contributed by atoms with E-state index < -0.39 is 0 Å². The second-order valence-corrected chi connectivity index (χ2v) is 7.70. The molecule has 0 radical (unpaired) electrons. The zero-order valence-electron chi connectivity index (χ0n) is 15.9. The van der Waals surface area contributed by atoms with Crippen LogP contribution < -0.4 is 5.73 Å². The molecule has 6 rings (SSSR count). The van der Waals surface area contributed by atoms with Crippen LogP contribution in [0.5, 0.6) is 0 Å². The number of rotatable bonds is 2. The zero-order valence-corrected chi connectivity index (χ0v) is 15.9. The van der Waals surface area contributed by atoms with Crippen molar-refractivity contribution in [2.75, 3.05) is 5.73 Å². The highest BCUT2D eigenvalue weighted by Gasteiger charge is 2.23. The fraction of sp³-hybridized carbons (Fsp3) is 0.0769. The molecule has 3 heteroatoms. The van der Waals surface area contributed by atoms with Crippen LogP contribution in [0.2, 0.25) is 0 Å². The number of fused-ring (bicyclic) bond motifs is 6. The molecular formula is C26H19N3. The standard InChI is InChI=1S/C26H19N3/c27-24-13-12-21-19-9-4-2-7-17(19)15-23(21)26(24)29-28-25-11-5-10-20-18-8-3-1-6-16(18)14-22(20)25/h1-13H,14-15,27H2. The van der Waals surface area contributed by atoms with Gasteiger partial charge in [0.1, 0.15) is 5.69 Å². The fourth-order valence-corrected chi connectivity index (χ4v) is 4.67. The molecule has 2 aliphatic carbocycles. The molecule has 2 aliphatic rings. The lowest BCUT2D eigenvalue weighted by Crippen LogP contribution is -1.90. The Kier molecular flexibility index (Phi) is 3.44. The van der Waals surface area contributed by atoms with Crippen LogP contribution in [0.1, 0.15) is 22.3 Å². The van der Waals surface area contributed by atoms with Crippen molar-refractivity contribution < 1.29 is 0 Å². The van der Waals surface area contributed by atoms with Crippen molar-refractivity contribution in [3.05, 3.63) is 101 Å². The summed E-state index contributed by atoms with van der Waals surface area (Å²) < 4.78 is 0. The minimum Gasteiger partial charge on any atom is -0.397 e. The third-order valence-corrected chi connectivity index (χ3v) is 6.07. The third-order valence-electron chi connectivity index (χ3n) is 6.07. The first-order chi connectivity index (χ1) is 14.3. The van der Waals surface area contributed by atoms with Gasteiger partial charge in [-0.3, -0.25) is 0 Å². The van der Waals surface area contributed by atoms with E-state index in [1.807, 2.05) is 12.1 Å². The predicted octanol–water partition coefficient (Wildman–Crippen LogP) is 6.83. The minimum absolute atomic E-state index is 0.677. The summed E-state index contributed by atoms with van der Waals surface area (Å²) in [7, 11) is 0. The first-order valence-electron chi connectivity index (χ1n) is 9.91. The van der Waals surface area contributed by atoms with E-state index in [-0.39, 0.29) is 0 Å². The Morgan fingerprint density at radius 3 is 1.93 bits per heavy atom. The molecule has 2 N–H and O–H groups in total. The SMILES string of the molecule is Nc1ccc2c(c1N=Nc1cccc3c1Cc1ccccc1-3)Cc1ccccc1-2. The van der Waals surface area contributed by atoms with Gasteiger partial charge in [-0.2, -0.15) is 5.11 Å². The van der Waals surface area contributed by atoms with Crippen LogP contribution in [0.3, 0.4) is 0 Å². The van der Waals surface area contributed by atoms with Gasteiger partial charge in [0.25, 0.3) is 0 Å². The van der Waals surface area contributed by atoms with Gasteiger partial charge < -0.3 is 5.73 Å². The van der Waals surface area contributed by atoms with Gasteiger partial charge in [0.2, 0.25) is 0 Å². The molecule has 0 fully saturated rings. The average Bonchev–Trinajstić information content (AvgIpc) is 3.32. The maximum Gasteiger partial charge on any atom is 0.113 e. The van der Waals surface area contributed by atoms with E-state index in [0.717, 1.165) is 24.2 Å². The number of nitrogen functional groups attached to an aromatic ring is 1. The molecule has 4 aromatic rings. The molecule has 0 saturated carbocycles. The van der Waals surface area contributed by atoms with Gasteiger partial charge in [-0.05, 0) is 56.6 Å². The third kappa shape index (κ3) is 2.44. The maximum atomic E-state index is 6.32. The lowest BCUT2D eigenvalue weighted by atomic mass is 10.0. The summed E-state index contributed by atoms with van der Waals surface area (Å²) in [5, 5.41) is 9.35. The molecule has 0 bridgehead atoms. The summed E-state index contributed by atoms with van der Waals surface area (Å²) in [5.74, 6) is 0. The number of hydrogen-bond acceptors (Lipinski definition) is 3. The molecule has 0 aliphatic heterocycles. The van der Waals surface area contributed by atoms with Crippen molar-refractivity contribution in [3.63, 3.8) is 0 Å². The Morgan fingerprint density at radius 2 is 1.17 bits per heavy atom. The van der Waals surface area contributed by atoms with Crippen molar-refractivity contribution in [2.24, 2.45) is 10.2 Å². The average molecular weight is 373 g/mol. The molecule has 0 spiro atoms. The van der Waals surface area contributed by atoms with Crippen LogP contribution >= 0.6 is 0 Å². The molecular weight excluding hydrogens is 354 g/mol. The van der Waals surface area contributed by atoms with Crippen LogP contribution in [-0.4, -0.2) is 0 Å². The Balaban J connectivity index is 1.43. The van der Waals surface area contributed by atoms with Crippen LogP contribution in [0.25, 0.3) is 22.3 Å². The van der Waals surface area contributed by atoms with Crippen molar-refractivity contribution >= 4 is 17.1 Å². The molecule has 29 heavy (non-hydrogen) atoms. The molecule has 0 unspecified atom stereocenters. The van der Waals surface area contributed by atoms with Crippen molar-refractivity contribution in [2.45, 2.75) is 12.8 Å². The Morgan fingerprint density at radius 1 is 0.552 bits per heavy atom. The highest BCUT2D eigenvalue weighted by Crippen LogP contribution is 2.45. The lowest BCUT2D eigenvalue weighted by Gasteiger charge is -2.08. The smallest absolute Gasteiger partial charge is 0.113 e. The molecule has 0 heterocycles. The quantitative estimate of drug-likeness (QED) is 0.262.